The third-order valence-electron chi connectivity index (χ3n) is 2.83. The highest BCUT2D eigenvalue weighted by Gasteiger charge is 2.17. The van der Waals surface area contributed by atoms with Crippen LogP contribution in [-0.2, 0) is 4.74 Å². The van der Waals surface area contributed by atoms with Crippen molar-refractivity contribution in [2.75, 3.05) is 18.5 Å². The molecule has 1 fully saturated rings. The zero-order valence-electron chi connectivity index (χ0n) is 9.78. The molecule has 0 unspecified atom stereocenters. The van der Waals surface area contributed by atoms with Crippen molar-refractivity contribution in [1.29, 1.82) is 0 Å². The van der Waals surface area contributed by atoms with Crippen LogP contribution >= 0.6 is 11.6 Å². The maximum Gasteiger partial charge on any atom is 0.268 e. The minimum Gasteiger partial charge on any atom is -0.381 e. The lowest BCUT2D eigenvalue weighted by atomic mass is 10.1. The van der Waals surface area contributed by atoms with E-state index < -0.39 is 5.91 Å². The van der Waals surface area contributed by atoms with Crippen molar-refractivity contribution in [3.8, 4) is 0 Å². The zero-order valence-corrected chi connectivity index (χ0v) is 10.5. The molecular weight excluding hydrogens is 256 g/mol. The van der Waals surface area contributed by atoms with Gasteiger partial charge in [-0.05, 0) is 18.9 Å². The average Bonchev–Trinajstić information content (AvgIpc) is 2.39. The first kappa shape index (κ1) is 13.1. The Morgan fingerprint density at radius 2 is 2.22 bits per heavy atom. The quantitative estimate of drug-likeness (QED) is 0.329. The summed E-state index contributed by atoms with van der Waals surface area (Å²) < 4.78 is 5.28. The maximum atomic E-state index is 11.6. The number of rotatable bonds is 3. The molecule has 0 spiro atoms. The first-order valence-electron chi connectivity index (χ1n) is 5.71. The van der Waals surface area contributed by atoms with Gasteiger partial charge in [0.25, 0.3) is 5.91 Å². The third-order valence-corrected chi connectivity index (χ3v) is 3.03. The smallest absolute Gasteiger partial charge is 0.268 e. The predicted molar refractivity (Wildman–Crippen MR) is 68.4 cm³/mol. The topological polar surface area (TPSA) is 89.3 Å². The van der Waals surface area contributed by atoms with Gasteiger partial charge in [-0.3, -0.25) is 10.2 Å². The number of amides is 1. The zero-order chi connectivity index (χ0) is 13.0. The van der Waals surface area contributed by atoms with Crippen LogP contribution < -0.4 is 16.6 Å². The van der Waals surface area contributed by atoms with Gasteiger partial charge in [-0.25, -0.2) is 10.8 Å². The number of ether oxygens (including phenoxy) is 1. The van der Waals surface area contributed by atoms with Crippen LogP contribution in [0.1, 0.15) is 23.2 Å². The lowest BCUT2D eigenvalue weighted by Gasteiger charge is -2.25. The molecule has 0 saturated carbocycles. The molecule has 1 saturated heterocycles. The molecule has 1 aliphatic heterocycles. The van der Waals surface area contributed by atoms with Crippen LogP contribution in [0.2, 0.25) is 5.15 Å². The summed E-state index contributed by atoms with van der Waals surface area (Å²) in [5.41, 5.74) is 3.12. The van der Waals surface area contributed by atoms with Gasteiger partial charge < -0.3 is 10.1 Å². The summed E-state index contributed by atoms with van der Waals surface area (Å²) in [6.07, 6.45) is 3.19. The van der Waals surface area contributed by atoms with Gasteiger partial charge in [-0.2, -0.15) is 0 Å². The molecule has 0 atom stereocenters. The summed E-state index contributed by atoms with van der Waals surface area (Å²) in [5.74, 6) is 4.74. The fourth-order valence-electron chi connectivity index (χ4n) is 1.87. The Bertz CT molecular complexity index is 435. The van der Waals surface area contributed by atoms with Crippen LogP contribution in [-0.4, -0.2) is 30.1 Å². The van der Waals surface area contributed by atoms with Crippen molar-refractivity contribution >= 4 is 23.2 Å². The number of hydrogen-bond donors (Lipinski definition) is 3. The van der Waals surface area contributed by atoms with Gasteiger partial charge in [0, 0.05) is 25.5 Å². The number of hydrazine groups is 1. The summed E-state index contributed by atoms with van der Waals surface area (Å²) >= 11 is 5.84. The Morgan fingerprint density at radius 1 is 1.50 bits per heavy atom. The van der Waals surface area contributed by atoms with E-state index in [1.165, 1.54) is 6.20 Å². The number of pyridine rings is 1. The third kappa shape index (κ3) is 3.10. The SMILES string of the molecule is NNC(=O)c1cnc(Cl)cc1NC1CCOCC1. The number of nitrogens with one attached hydrogen (secondary N) is 2. The summed E-state index contributed by atoms with van der Waals surface area (Å²) in [6.45, 7) is 1.43. The second-order valence-corrected chi connectivity index (χ2v) is 4.44. The molecule has 2 rings (SSSR count). The van der Waals surface area contributed by atoms with Gasteiger partial charge in [0.1, 0.15) is 5.15 Å². The highest BCUT2D eigenvalue weighted by molar-refractivity contribution is 6.29. The molecule has 7 heteroatoms. The Balaban J connectivity index is 2.18. The van der Waals surface area contributed by atoms with E-state index in [0.29, 0.717) is 16.4 Å². The first-order chi connectivity index (χ1) is 8.70. The fourth-order valence-corrected chi connectivity index (χ4v) is 2.03. The largest absolute Gasteiger partial charge is 0.381 e. The number of carbonyl (C=O) groups excluding carboxylic acids is 1. The minimum atomic E-state index is -0.395. The minimum absolute atomic E-state index is 0.265. The molecular formula is C11H15ClN4O2. The number of aromatic nitrogens is 1. The number of nitrogens with zero attached hydrogens (tertiary/aromatic N) is 1. The lowest BCUT2D eigenvalue weighted by Crippen LogP contribution is -2.33. The molecule has 98 valence electrons. The van der Waals surface area contributed by atoms with Crippen LogP contribution in [0.5, 0.6) is 0 Å². The number of nitrogens with two attached hydrogens (primary N) is 1. The Hall–Kier alpha value is -1.37. The van der Waals surface area contributed by atoms with E-state index in [-0.39, 0.29) is 6.04 Å². The number of nitrogen functional groups attached to an aromatic ring is 1. The van der Waals surface area contributed by atoms with Crippen LogP contribution in [0.15, 0.2) is 12.3 Å². The summed E-state index contributed by atoms with van der Waals surface area (Å²) in [6, 6.07) is 1.89. The van der Waals surface area contributed by atoms with Crippen LogP contribution in [0.4, 0.5) is 5.69 Å². The Labute approximate surface area is 110 Å². The molecule has 18 heavy (non-hydrogen) atoms. The maximum absolute atomic E-state index is 11.6. The van der Waals surface area contributed by atoms with Crippen LogP contribution in [0, 0.1) is 0 Å². The van der Waals surface area contributed by atoms with E-state index in [0.717, 1.165) is 26.1 Å². The molecule has 1 aromatic rings. The summed E-state index contributed by atoms with van der Waals surface area (Å²) in [7, 11) is 0. The number of hydrogen-bond acceptors (Lipinski definition) is 5. The van der Waals surface area contributed by atoms with E-state index >= 15 is 0 Å². The molecule has 0 aromatic carbocycles. The lowest BCUT2D eigenvalue weighted by molar-refractivity contribution is 0.0903. The second-order valence-electron chi connectivity index (χ2n) is 4.06. The Morgan fingerprint density at radius 3 is 2.89 bits per heavy atom. The van der Waals surface area contributed by atoms with Crippen molar-refractivity contribution in [3.05, 3.63) is 23.0 Å². The van der Waals surface area contributed by atoms with Gasteiger partial charge >= 0.3 is 0 Å². The van der Waals surface area contributed by atoms with E-state index in [4.69, 9.17) is 22.2 Å². The normalized spacial score (nSPS) is 16.3. The number of halogens is 1. The van der Waals surface area contributed by atoms with E-state index in [9.17, 15) is 4.79 Å². The van der Waals surface area contributed by atoms with Crippen molar-refractivity contribution < 1.29 is 9.53 Å². The average molecular weight is 271 g/mol. The molecule has 4 N–H and O–H groups in total. The fraction of sp³-hybridized carbons (Fsp3) is 0.455. The summed E-state index contributed by atoms with van der Waals surface area (Å²) in [4.78, 5) is 15.5. The van der Waals surface area contributed by atoms with Gasteiger partial charge in [0.2, 0.25) is 0 Å². The van der Waals surface area contributed by atoms with Crippen molar-refractivity contribution in [2.45, 2.75) is 18.9 Å². The van der Waals surface area contributed by atoms with Gasteiger partial charge in [-0.1, -0.05) is 11.6 Å². The highest BCUT2D eigenvalue weighted by Crippen LogP contribution is 2.22. The first-order valence-corrected chi connectivity index (χ1v) is 6.09. The monoisotopic (exact) mass is 270 g/mol. The molecule has 6 nitrogen and oxygen atoms in total. The van der Waals surface area contributed by atoms with Crippen molar-refractivity contribution in [2.24, 2.45) is 5.84 Å². The number of anilines is 1. The van der Waals surface area contributed by atoms with E-state index in [1.54, 1.807) is 6.07 Å². The van der Waals surface area contributed by atoms with Crippen molar-refractivity contribution in [1.82, 2.24) is 10.4 Å². The molecule has 1 aliphatic rings. The number of carbonyl (C=O) groups is 1. The van der Waals surface area contributed by atoms with Gasteiger partial charge in [-0.15, -0.1) is 0 Å². The standard InChI is InChI=1S/C11H15ClN4O2/c12-10-5-9(8(6-14-10)11(17)16-13)15-7-1-3-18-4-2-7/h5-7H,1-4,13H2,(H,14,15)(H,16,17). The summed E-state index contributed by atoms with van der Waals surface area (Å²) in [5, 5.41) is 3.62. The molecule has 1 aromatic heterocycles. The van der Waals surface area contributed by atoms with E-state index in [2.05, 4.69) is 15.7 Å². The van der Waals surface area contributed by atoms with Crippen LogP contribution in [0.25, 0.3) is 0 Å². The molecule has 2 heterocycles. The highest BCUT2D eigenvalue weighted by atomic mass is 35.5. The molecule has 0 radical (unpaired) electrons. The predicted octanol–water partition coefficient (Wildman–Crippen LogP) is 0.929. The molecule has 0 bridgehead atoms. The van der Waals surface area contributed by atoms with E-state index in [1.807, 2.05) is 0 Å². The van der Waals surface area contributed by atoms with Gasteiger partial charge in [0.05, 0.1) is 11.3 Å². The van der Waals surface area contributed by atoms with Crippen LogP contribution in [0.3, 0.4) is 0 Å². The molecule has 0 aliphatic carbocycles. The Kier molecular flexibility index (Phi) is 4.35. The van der Waals surface area contributed by atoms with Gasteiger partial charge in [0.15, 0.2) is 0 Å². The second kappa shape index (κ2) is 5.99. The molecule has 1 amide bonds. The van der Waals surface area contributed by atoms with Crippen molar-refractivity contribution in [3.63, 3.8) is 0 Å².